The Hall–Kier alpha value is -0.0694. The van der Waals surface area contributed by atoms with Crippen molar-refractivity contribution >= 4 is 27.4 Å². The second kappa shape index (κ2) is 4.97. The lowest BCUT2D eigenvalue weighted by Crippen LogP contribution is -2.23. The van der Waals surface area contributed by atoms with Gasteiger partial charge < -0.3 is 4.74 Å². The Bertz CT molecular complexity index is 225. The van der Waals surface area contributed by atoms with E-state index in [4.69, 9.17) is 4.74 Å². The first-order valence-electron chi connectivity index (χ1n) is 5.21. The van der Waals surface area contributed by atoms with Crippen molar-refractivity contribution in [1.82, 2.24) is 0 Å². The molecular formula is C9H20OSi3. The third-order valence-electron chi connectivity index (χ3n) is 2.51. The summed E-state index contributed by atoms with van der Waals surface area (Å²) in [4.78, 5) is 0. The molecule has 0 saturated heterocycles. The first-order chi connectivity index (χ1) is 6.20. The van der Waals surface area contributed by atoms with Crippen LogP contribution in [0, 0.1) is 0 Å². The molecule has 4 heteroatoms. The van der Waals surface area contributed by atoms with Crippen LogP contribution >= 0.6 is 0 Å². The quantitative estimate of drug-likeness (QED) is 0.594. The van der Waals surface area contributed by atoms with Crippen LogP contribution in [-0.2, 0) is 4.74 Å². The lowest BCUT2D eigenvalue weighted by molar-refractivity contribution is 0.213. The van der Waals surface area contributed by atoms with Gasteiger partial charge in [0.1, 0.15) is 0 Å². The second-order valence-electron chi connectivity index (χ2n) is 4.01. The zero-order chi connectivity index (χ0) is 9.73. The highest BCUT2D eigenvalue weighted by Crippen LogP contribution is 2.36. The van der Waals surface area contributed by atoms with Gasteiger partial charge >= 0.3 is 0 Å². The molecule has 1 aliphatic rings. The van der Waals surface area contributed by atoms with Gasteiger partial charge in [0, 0.05) is 15.5 Å². The fourth-order valence-electron chi connectivity index (χ4n) is 1.93. The monoisotopic (exact) mass is 228 g/mol. The highest BCUT2D eigenvalue weighted by Gasteiger charge is 2.24. The molecule has 0 spiro atoms. The number of hydrogen-bond donors (Lipinski definition) is 0. The van der Waals surface area contributed by atoms with E-state index in [1.54, 1.807) is 0 Å². The number of hydrogen-bond acceptors (Lipinski definition) is 1. The minimum atomic E-state index is 0.224. The normalized spacial score (nSPS) is 29.2. The van der Waals surface area contributed by atoms with Crippen LogP contribution in [0.15, 0.2) is 24.0 Å². The molecule has 0 saturated carbocycles. The molecule has 0 heterocycles. The molecule has 0 fully saturated rings. The van der Waals surface area contributed by atoms with Crippen LogP contribution in [0.5, 0.6) is 0 Å². The lowest BCUT2D eigenvalue weighted by Gasteiger charge is -2.28. The van der Waals surface area contributed by atoms with Crippen molar-refractivity contribution in [3.05, 3.63) is 24.0 Å². The van der Waals surface area contributed by atoms with E-state index in [9.17, 15) is 0 Å². The van der Waals surface area contributed by atoms with Crippen molar-refractivity contribution in [3.63, 3.8) is 0 Å². The maximum absolute atomic E-state index is 5.58. The summed E-state index contributed by atoms with van der Waals surface area (Å²) < 4.78 is 5.58. The van der Waals surface area contributed by atoms with Crippen molar-refractivity contribution in [2.24, 2.45) is 0 Å². The van der Waals surface area contributed by atoms with Gasteiger partial charge in [-0.2, -0.15) is 0 Å². The van der Waals surface area contributed by atoms with Gasteiger partial charge in [0.05, 0.1) is 12.4 Å². The maximum atomic E-state index is 5.58. The van der Waals surface area contributed by atoms with Crippen LogP contribution in [0.1, 0.15) is 20.3 Å². The van der Waals surface area contributed by atoms with E-state index in [0.717, 1.165) is 6.61 Å². The molecule has 0 amide bonds. The first kappa shape index (κ1) is 11.0. The third kappa shape index (κ3) is 3.28. The van der Waals surface area contributed by atoms with E-state index in [-0.39, 0.29) is 9.04 Å². The lowest BCUT2D eigenvalue weighted by atomic mass is 10.0. The fourth-order valence-corrected chi connectivity index (χ4v) is 18.5. The Labute approximate surface area is 88.3 Å². The molecule has 0 aromatic heterocycles. The molecule has 1 nitrogen and oxygen atoms in total. The second-order valence-corrected chi connectivity index (χ2v) is 20.6. The third-order valence-corrected chi connectivity index (χ3v) is 14.1. The molecular weight excluding hydrogens is 208 g/mol. The predicted molar refractivity (Wildman–Crippen MR) is 68.9 cm³/mol. The summed E-state index contributed by atoms with van der Waals surface area (Å²) in [6.07, 6.45) is 7.94. The molecule has 1 rings (SSSR count). The summed E-state index contributed by atoms with van der Waals surface area (Å²) >= 11 is 0. The van der Waals surface area contributed by atoms with Crippen LogP contribution < -0.4 is 0 Å². The van der Waals surface area contributed by atoms with E-state index in [2.05, 4.69) is 32.1 Å². The minimum absolute atomic E-state index is 0.224. The van der Waals surface area contributed by atoms with Gasteiger partial charge in [-0.15, -0.1) is 0 Å². The summed E-state index contributed by atoms with van der Waals surface area (Å²) in [6.45, 7) is 5.30. The SMILES string of the molecule is CCOC1=CC=CC(C)([SiH2][SiH2][SiH3])C1. The highest BCUT2D eigenvalue weighted by molar-refractivity contribution is 7.24. The van der Waals surface area contributed by atoms with E-state index in [1.807, 2.05) is 0 Å². The Morgan fingerprint density at radius 2 is 2.46 bits per heavy atom. The maximum Gasteiger partial charge on any atom is 0.0964 e. The molecule has 1 unspecified atom stereocenters. The molecule has 13 heavy (non-hydrogen) atoms. The van der Waals surface area contributed by atoms with Gasteiger partial charge in [0.15, 0.2) is 0 Å². The van der Waals surface area contributed by atoms with Gasteiger partial charge in [0.2, 0.25) is 0 Å². The van der Waals surface area contributed by atoms with Crippen LogP contribution in [0.4, 0.5) is 0 Å². The van der Waals surface area contributed by atoms with E-state index < -0.39 is 0 Å². The Morgan fingerprint density at radius 3 is 3.08 bits per heavy atom. The van der Waals surface area contributed by atoms with Gasteiger partial charge in [-0.1, -0.05) is 19.1 Å². The Balaban J connectivity index is 2.57. The Morgan fingerprint density at radius 1 is 1.69 bits per heavy atom. The van der Waals surface area contributed by atoms with Crippen molar-refractivity contribution < 1.29 is 4.74 Å². The van der Waals surface area contributed by atoms with Crippen molar-refractivity contribution in [2.45, 2.75) is 25.3 Å². The minimum Gasteiger partial charge on any atom is -0.498 e. The average molecular weight is 229 g/mol. The number of rotatable bonds is 4. The molecule has 0 aromatic carbocycles. The largest absolute Gasteiger partial charge is 0.498 e. The number of allylic oxidation sites excluding steroid dienone is 4. The molecule has 0 N–H and O–H groups in total. The molecule has 74 valence electrons. The molecule has 0 radical (unpaired) electrons. The zero-order valence-electron chi connectivity index (χ0n) is 8.97. The first-order valence-corrected chi connectivity index (χ1v) is 15.6. The summed E-state index contributed by atoms with van der Waals surface area (Å²) in [7, 11) is 2.15. The fraction of sp³-hybridized carbons (Fsp3) is 0.556. The predicted octanol–water partition coefficient (Wildman–Crippen LogP) is -0.422. The van der Waals surface area contributed by atoms with Crippen molar-refractivity contribution in [1.29, 1.82) is 0 Å². The van der Waals surface area contributed by atoms with Crippen molar-refractivity contribution in [3.8, 4) is 0 Å². The van der Waals surface area contributed by atoms with Gasteiger partial charge in [-0.25, -0.2) is 0 Å². The van der Waals surface area contributed by atoms with E-state index in [1.165, 1.54) is 21.9 Å². The van der Waals surface area contributed by atoms with Gasteiger partial charge in [0.25, 0.3) is 0 Å². The van der Waals surface area contributed by atoms with Crippen molar-refractivity contribution in [2.75, 3.05) is 6.61 Å². The molecule has 0 aliphatic heterocycles. The zero-order valence-corrected chi connectivity index (χ0v) is 13.8. The molecule has 1 aliphatic carbocycles. The van der Waals surface area contributed by atoms with E-state index >= 15 is 0 Å². The summed E-state index contributed by atoms with van der Waals surface area (Å²) in [5.74, 6) is 1.21. The van der Waals surface area contributed by atoms with E-state index in [0.29, 0.717) is 13.6 Å². The van der Waals surface area contributed by atoms with Gasteiger partial charge in [-0.05, 0) is 36.4 Å². The van der Waals surface area contributed by atoms with Crippen LogP contribution in [0.3, 0.4) is 0 Å². The summed E-state index contributed by atoms with van der Waals surface area (Å²) in [5, 5.41) is 0.563. The molecule has 1 atom stereocenters. The van der Waals surface area contributed by atoms with Crippen LogP contribution in [0.25, 0.3) is 0 Å². The average Bonchev–Trinajstić information content (AvgIpc) is 2.04. The van der Waals surface area contributed by atoms with Gasteiger partial charge in [-0.3, -0.25) is 0 Å². The summed E-state index contributed by atoms with van der Waals surface area (Å²) in [5.41, 5.74) is 0. The number of ether oxygens (including phenoxy) is 1. The molecule has 0 bridgehead atoms. The topological polar surface area (TPSA) is 9.23 Å². The van der Waals surface area contributed by atoms with Crippen LogP contribution in [0.2, 0.25) is 5.04 Å². The smallest absolute Gasteiger partial charge is 0.0964 e. The Kier molecular flexibility index (Phi) is 4.21. The molecule has 0 aromatic rings. The highest BCUT2D eigenvalue weighted by atomic mass is 29.5. The standard InChI is InChI=1S/C9H20OSi3/c1-3-10-8-5-4-6-9(2,7-8)12-13-11/h4-6H,3,7,12-13H2,1-2,11H3. The summed E-state index contributed by atoms with van der Waals surface area (Å²) in [6, 6.07) is 0. The van der Waals surface area contributed by atoms with Crippen LogP contribution in [-0.4, -0.2) is 34.0 Å².